The number of nitrogen functional groups attached to an aromatic ring is 1. The zero-order chi connectivity index (χ0) is 29.1. The lowest BCUT2D eigenvalue weighted by molar-refractivity contribution is 0.0825. The Kier molecular flexibility index (Phi) is 7.83. The maximum Gasteiger partial charge on any atom is 0.308 e. The van der Waals surface area contributed by atoms with Crippen LogP contribution in [0.15, 0.2) is 59.3 Å². The first kappa shape index (κ1) is 27.6. The normalized spacial score (nSPS) is 11.2. The molecule has 0 radical (unpaired) electrons. The Balaban J connectivity index is 1.39. The van der Waals surface area contributed by atoms with Gasteiger partial charge in [-0.15, -0.1) is 0 Å². The first-order chi connectivity index (χ1) is 19.7. The molecule has 0 aliphatic heterocycles. The minimum absolute atomic E-state index is 0.00343. The summed E-state index contributed by atoms with van der Waals surface area (Å²) in [4.78, 5) is 21.4. The van der Waals surface area contributed by atoms with E-state index in [1.807, 2.05) is 0 Å². The summed E-state index contributed by atoms with van der Waals surface area (Å²) in [5, 5.41) is 6.79. The fourth-order valence-electron chi connectivity index (χ4n) is 3.92. The SMILES string of the molecule is COc1cc(C(=O)Nn2c(NCc3ncc(-c4cc(Cl)cc(N)c4OCC(F)F)cc3F)nc3ccccc32)on1. The summed E-state index contributed by atoms with van der Waals surface area (Å²) in [7, 11) is 1.38. The molecule has 0 fully saturated rings. The third-order valence-electron chi connectivity index (χ3n) is 5.77. The monoisotopic (exact) mass is 587 g/mol. The molecular formula is C26H21ClF3N7O4. The molecule has 11 nitrogen and oxygen atoms in total. The van der Waals surface area contributed by atoms with Crippen LogP contribution in [0.25, 0.3) is 22.2 Å². The van der Waals surface area contributed by atoms with E-state index >= 15 is 4.39 Å². The highest BCUT2D eigenvalue weighted by Gasteiger charge is 2.20. The number of anilines is 2. The largest absolute Gasteiger partial charge is 0.485 e. The zero-order valence-electron chi connectivity index (χ0n) is 21.2. The van der Waals surface area contributed by atoms with Crippen LogP contribution < -0.4 is 25.9 Å². The minimum Gasteiger partial charge on any atom is -0.485 e. The standard InChI is InChI=1S/C26H21ClF3N7O4/c1-39-23-9-21(41-36-23)25(38)35-37-20-5-3-2-4-18(20)34-26(37)33-11-19-16(28)6-13(10-32-19)15-7-14(27)8-17(31)24(15)40-12-22(29)30/h2-10,22H,11-12,31H2,1H3,(H,33,34)(H,35,38). The number of amides is 1. The van der Waals surface area contributed by atoms with Gasteiger partial charge < -0.3 is 25.0 Å². The van der Waals surface area contributed by atoms with E-state index < -0.39 is 24.8 Å². The van der Waals surface area contributed by atoms with E-state index in [0.29, 0.717) is 11.0 Å². The number of hydrogen-bond donors (Lipinski definition) is 3. The van der Waals surface area contributed by atoms with Gasteiger partial charge in [-0.2, -0.15) is 0 Å². The molecule has 41 heavy (non-hydrogen) atoms. The van der Waals surface area contributed by atoms with Gasteiger partial charge in [-0.25, -0.2) is 22.8 Å². The third kappa shape index (κ3) is 5.96. The van der Waals surface area contributed by atoms with E-state index in [1.165, 1.54) is 36.2 Å². The Morgan fingerprint density at radius 3 is 2.76 bits per heavy atom. The molecule has 0 bridgehead atoms. The van der Waals surface area contributed by atoms with Crippen molar-refractivity contribution in [2.75, 3.05) is 30.2 Å². The van der Waals surface area contributed by atoms with Crippen LogP contribution in [0.4, 0.5) is 24.8 Å². The average Bonchev–Trinajstić information content (AvgIpc) is 3.56. The maximum absolute atomic E-state index is 15.2. The van der Waals surface area contributed by atoms with E-state index in [2.05, 4.69) is 25.9 Å². The first-order valence-corrected chi connectivity index (χ1v) is 12.3. The van der Waals surface area contributed by atoms with Crippen molar-refractivity contribution in [1.29, 1.82) is 0 Å². The van der Waals surface area contributed by atoms with Gasteiger partial charge in [0.2, 0.25) is 11.7 Å². The second kappa shape index (κ2) is 11.6. The fourth-order valence-corrected chi connectivity index (χ4v) is 4.15. The highest BCUT2D eigenvalue weighted by Crippen LogP contribution is 2.38. The summed E-state index contributed by atoms with van der Waals surface area (Å²) in [5.41, 5.74) is 10.1. The second-order valence-electron chi connectivity index (χ2n) is 8.51. The number of rotatable bonds is 10. The molecule has 3 heterocycles. The van der Waals surface area contributed by atoms with Gasteiger partial charge in [-0.1, -0.05) is 23.7 Å². The number of pyridine rings is 1. The molecule has 5 aromatic rings. The van der Waals surface area contributed by atoms with Crippen LogP contribution in [0.2, 0.25) is 5.02 Å². The highest BCUT2D eigenvalue weighted by atomic mass is 35.5. The summed E-state index contributed by atoms with van der Waals surface area (Å²) < 4.78 is 57.2. The lowest BCUT2D eigenvalue weighted by Gasteiger charge is -2.15. The molecule has 4 N–H and O–H groups in total. The van der Waals surface area contributed by atoms with E-state index in [-0.39, 0.29) is 57.4 Å². The number of nitrogens with two attached hydrogens (primary N) is 1. The van der Waals surface area contributed by atoms with Crippen molar-refractivity contribution in [3.63, 3.8) is 0 Å². The Morgan fingerprint density at radius 1 is 1.22 bits per heavy atom. The van der Waals surface area contributed by atoms with Gasteiger partial charge in [-0.05, 0) is 35.5 Å². The molecule has 0 aliphatic carbocycles. The number of halogens is 4. The molecular weight excluding hydrogens is 567 g/mol. The molecule has 0 saturated carbocycles. The molecule has 2 aromatic carbocycles. The number of para-hydroxylation sites is 2. The van der Waals surface area contributed by atoms with Crippen LogP contribution in [-0.2, 0) is 6.54 Å². The lowest BCUT2D eigenvalue weighted by atomic mass is 10.0. The summed E-state index contributed by atoms with van der Waals surface area (Å²) in [6, 6.07) is 12.2. The lowest BCUT2D eigenvalue weighted by Crippen LogP contribution is -2.24. The van der Waals surface area contributed by atoms with Gasteiger partial charge in [-0.3, -0.25) is 15.2 Å². The van der Waals surface area contributed by atoms with Crippen molar-refractivity contribution in [3.8, 4) is 22.8 Å². The van der Waals surface area contributed by atoms with Crippen LogP contribution in [0, 0.1) is 5.82 Å². The Labute approximate surface area is 235 Å². The Bertz CT molecular complexity index is 1730. The molecule has 0 saturated heterocycles. The van der Waals surface area contributed by atoms with Crippen molar-refractivity contribution in [2.24, 2.45) is 0 Å². The summed E-state index contributed by atoms with van der Waals surface area (Å²) in [6.07, 6.45) is -1.41. The minimum atomic E-state index is -2.74. The Hall–Kier alpha value is -4.98. The van der Waals surface area contributed by atoms with Crippen LogP contribution in [-0.4, -0.2) is 45.9 Å². The van der Waals surface area contributed by atoms with Gasteiger partial charge in [0.1, 0.15) is 18.2 Å². The number of hydrogen-bond acceptors (Lipinski definition) is 9. The average molecular weight is 588 g/mol. The predicted octanol–water partition coefficient (Wildman–Crippen LogP) is 5.11. The fraction of sp³-hybridized carbons (Fsp3) is 0.154. The van der Waals surface area contributed by atoms with E-state index in [9.17, 15) is 13.6 Å². The quantitative estimate of drug-likeness (QED) is 0.190. The van der Waals surface area contributed by atoms with Gasteiger partial charge in [0.15, 0.2) is 0 Å². The molecule has 0 aliphatic rings. The van der Waals surface area contributed by atoms with Gasteiger partial charge >= 0.3 is 5.91 Å². The van der Waals surface area contributed by atoms with E-state index in [4.69, 9.17) is 31.3 Å². The molecule has 3 aromatic heterocycles. The number of carbonyl (C=O) groups excluding carboxylic acids is 1. The van der Waals surface area contributed by atoms with Crippen molar-refractivity contribution < 1.29 is 32.0 Å². The number of carbonyl (C=O) groups is 1. The molecule has 0 spiro atoms. The Morgan fingerprint density at radius 2 is 2.02 bits per heavy atom. The molecule has 15 heteroatoms. The molecule has 1 amide bonds. The van der Waals surface area contributed by atoms with Crippen molar-refractivity contribution in [1.82, 2.24) is 19.8 Å². The third-order valence-corrected chi connectivity index (χ3v) is 5.99. The number of aromatic nitrogens is 4. The van der Waals surface area contributed by atoms with Crippen molar-refractivity contribution in [3.05, 3.63) is 77.0 Å². The topological polar surface area (TPSA) is 142 Å². The molecule has 5 rings (SSSR count). The number of methoxy groups -OCH3 is 1. The smallest absolute Gasteiger partial charge is 0.308 e. The van der Waals surface area contributed by atoms with Crippen LogP contribution in [0.1, 0.15) is 16.2 Å². The summed E-state index contributed by atoms with van der Waals surface area (Å²) in [6.45, 7) is -1.04. The van der Waals surface area contributed by atoms with Crippen LogP contribution in [0.5, 0.6) is 11.6 Å². The summed E-state index contributed by atoms with van der Waals surface area (Å²) >= 11 is 6.09. The first-order valence-electron chi connectivity index (χ1n) is 11.9. The van der Waals surface area contributed by atoms with Crippen LogP contribution >= 0.6 is 11.6 Å². The number of ether oxygens (including phenoxy) is 2. The maximum atomic E-state index is 15.2. The number of alkyl halides is 2. The van der Waals surface area contributed by atoms with E-state index in [0.717, 1.165) is 6.07 Å². The second-order valence-corrected chi connectivity index (χ2v) is 8.95. The van der Waals surface area contributed by atoms with Gasteiger partial charge in [0.05, 0.1) is 42.1 Å². The highest BCUT2D eigenvalue weighted by molar-refractivity contribution is 6.31. The number of nitrogens with one attached hydrogen (secondary N) is 2. The number of benzene rings is 2. The summed E-state index contributed by atoms with van der Waals surface area (Å²) in [5.74, 6) is -1.20. The molecule has 0 atom stereocenters. The molecule has 0 unspecified atom stereocenters. The van der Waals surface area contributed by atoms with Gasteiger partial charge in [0, 0.05) is 22.3 Å². The predicted molar refractivity (Wildman–Crippen MR) is 144 cm³/mol. The number of imidazole rings is 1. The van der Waals surface area contributed by atoms with Crippen LogP contribution in [0.3, 0.4) is 0 Å². The molecule has 212 valence electrons. The van der Waals surface area contributed by atoms with Crippen molar-refractivity contribution >= 4 is 40.2 Å². The van der Waals surface area contributed by atoms with Crippen molar-refractivity contribution in [2.45, 2.75) is 13.0 Å². The van der Waals surface area contributed by atoms with Gasteiger partial charge in [0.25, 0.3) is 12.3 Å². The van der Waals surface area contributed by atoms with E-state index in [1.54, 1.807) is 24.3 Å². The zero-order valence-corrected chi connectivity index (χ0v) is 22.0. The number of fused-ring (bicyclic) bond motifs is 1. The number of nitrogens with zero attached hydrogens (tertiary/aromatic N) is 4.